The monoisotopic (exact) mass is 223 g/mol. The van der Waals surface area contributed by atoms with Gasteiger partial charge in [-0.15, -0.1) is 0 Å². The van der Waals surface area contributed by atoms with E-state index in [2.05, 4.69) is 5.32 Å². The van der Waals surface area contributed by atoms with Crippen molar-refractivity contribution in [2.45, 2.75) is 57.2 Å². The predicted octanol–water partition coefficient (Wildman–Crippen LogP) is 3.50. The van der Waals surface area contributed by atoms with E-state index in [0.717, 1.165) is 12.3 Å². The van der Waals surface area contributed by atoms with Crippen LogP contribution in [0, 0.1) is 5.92 Å². The lowest BCUT2D eigenvalue weighted by molar-refractivity contribution is -0.135. The molecule has 0 saturated heterocycles. The summed E-state index contributed by atoms with van der Waals surface area (Å²) in [7, 11) is 1.84. The molecule has 0 aromatic rings. The standard InChI is InChI=1S/C11H20F3N/c1-15-10(8-9-4-2-5-9)6-3-7-11(12,13)14/h9-10,15H,2-8H2,1H3. The van der Waals surface area contributed by atoms with Crippen molar-refractivity contribution in [1.29, 1.82) is 0 Å². The van der Waals surface area contributed by atoms with E-state index < -0.39 is 12.6 Å². The Morgan fingerprint density at radius 1 is 1.33 bits per heavy atom. The quantitative estimate of drug-likeness (QED) is 0.726. The molecular weight excluding hydrogens is 203 g/mol. The summed E-state index contributed by atoms with van der Waals surface area (Å²) in [6.45, 7) is 0. The van der Waals surface area contributed by atoms with Gasteiger partial charge in [-0.2, -0.15) is 13.2 Å². The molecule has 1 aliphatic rings. The molecule has 1 fully saturated rings. The maximum absolute atomic E-state index is 11.9. The Balaban J connectivity index is 2.10. The van der Waals surface area contributed by atoms with Crippen molar-refractivity contribution < 1.29 is 13.2 Å². The normalized spacial score (nSPS) is 20.0. The summed E-state index contributed by atoms with van der Waals surface area (Å²) in [5.74, 6) is 0.758. The van der Waals surface area contributed by atoms with E-state index in [-0.39, 0.29) is 12.5 Å². The van der Waals surface area contributed by atoms with Gasteiger partial charge in [0.2, 0.25) is 0 Å². The van der Waals surface area contributed by atoms with Crippen LogP contribution in [0.5, 0.6) is 0 Å². The number of hydrogen-bond acceptors (Lipinski definition) is 1. The summed E-state index contributed by atoms with van der Waals surface area (Å²) in [5.41, 5.74) is 0. The first-order valence-corrected chi connectivity index (χ1v) is 5.75. The average molecular weight is 223 g/mol. The number of alkyl halides is 3. The molecule has 0 aromatic carbocycles. The molecule has 4 heteroatoms. The van der Waals surface area contributed by atoms with Gasteiger partial charge in [0.25, 0.3) is 0 Å². The van der Waals surface area contributed by atoms with Crippen molar-refractivity contribution in [3.8, 4) is 0 Å². The number of hydrogen-bond donors (Lipinski definition) is 1. The maximum Gasteiger partial charge on any atom is 0.389 e. The molecule has 15 heavy (non-hydrogen) atoms. The van der Waals surface area contributed by atoms with Gasteiger partial charge in [-0.25, -0.2) is 0 Å². The Hall–Kier alpha value is -0.250. The van der Waals surface area contributed by atoms with Gasteiger partial charge >= 0.3 is 6.18 Å². The van der Waals surface area contributed by atoms with Crippen molar-refractivity contribution in [2.75, 3.05) is 7.05 Å². The van der Waals surface area contributed by atoms with Gasteiger partial charge in [-0.05, 0) is 32.2 Å². The van der Waals surface area contributed by atoms with Crippen LogP contribution >= 0.6 is 0 Å². The second kappa shape index (κ2) is 5.73. The van der Waals surface area contributed by atoms with Gasteiger partial charge in [0.15, 0.2) is 0 Å². The smallest absolute Gasteiger partial charge is 0.317 e. The zero-order valence-electron chi connectivity index (χ0n) is 9.24. The molecule has 0 radical (unpaired) electrons. The minimum atomic E-state index is -3.99. The zero-order valence-corrected chi connectivity index (χ0v) is 9.24. The molecule has 1 nitrogen and oxygen atoms in total. The van der Waals surface area contributed by atoms with E-state index in [9.17, 15) is 13.2 Å². The maximum atomic E-state index is 11.9. The molecule has 1 unspecified atom stereocenters. The summed E-state index contributed by atoms with van der Waals surface area (Å²) in [6, 6.07) is 0.276. The summed E-state index contributed by atoms with van der Waals surface area (Å²) >= 11 is 0. The molecular formula is C11H20F3N. The summed E-state index contributed by atoms with van der Waals surface area (Å²) in [4.78, 5) is 0. The minimum absolute atomic E-state index is 0.252. The van der Waals surface area contributed by atoms with E-state index in [4.69, 9.17) is 0 Å². The fourth-order valence-corrected chi connectivity index (χ4v) is 2.06. The number of rotatable bonds is 6. The van der Waals surface area contributed by atoms with Gasteiger partial charge in [0, 0.05) is 12.5 Å². The topological polar surface area (TPSA) is 12.0 Å². The van der Waals surface area contributed by atoms with Crippen LogP contribution in [0.3, 0.4) is 0 Å². The van der Waals surface area contributed by atoms with Gasteiger partial charge in [-0.1, -0.05) is 19.3 Å². The average Bonchev–Trinajstić information content (AvgIpc) is 2.05. The Morgan fingerprint density at radius 2 is 2.00 bits per heavy atom. The highest BCUT2D eigenvalue weighted by Gasteiger charge is 2.27. The highest BCUT2D eigenvalue weighted by Crippen LogP contribution is 2.31. The summed E-state index contributed by atoms with van der Waals surface area (Å²) in [6.07, 6.45) is 1.13. The zero-order chi connectivity index (χ0) is 11.3. The Kier molecular flexibility index (Phi) is 4.90. The van der Waals surface area contributed by atoms with Crippen LogP contribution in [-0.2, 0) is 0 Å². The highest BCUT2D eigenvalue weighted by molar-refractivity contribution is 4.76. The van der Waals surface area contributed by atoms with Crippen LogP contribution in [0.1, 0.15) is 44.9 Å². The van der Waals surface area contributed by atoms with Crippen molar-refractivity contribution in [1.82, 2.24) is 5.32 Å². The second-order valence-electron chi connectivity index (χ2n) is 4.53. The van der Waals surface area contributed by atoms with Crippen LogP contribution in [0.4, 0.5) is 13.2 Å². The minimum Gasteiger partial charge on any atom is -0.317 e. The van der Waals surface area contributed by atoms with Crippen LogP contribution in [-0.4, -0.2) is 19.3 Å². The molecule has 0 spiro atoms. The van der Waals surface area contributed by atoms with Gasteiger partial charge in [0.05, 0.1) is 0 Å². The van der Waals surface area contributed by atoms with Crippen molar-refractivity contribution in [2.24, 2.45) is 5.92 Å². The Morgan fingerprint density at radius 3 is 2.40 bits per heavy atom. The fraction of sp³-hybridized carbons (Fsp3) is 1.00. The number of nitrogens with one attached hydrogen (secondary N) is 1. The first-order valence-electron chi connectivity index (χ1n) is 5.75. The Labute approximate surface area is 89.4 Å². The molecule has 0 heterocycles. The predicted molar refractivity (Wildman–Crippen MR) is 54.7 cm³/mol. The summed E-state index contributed by atoms with van der Waals surface area (Å²) < 4.78 is 35.8. The van der Waals surface area contributed by atoms with Crippen LogP contribution in [0.25, 0.3) is 0 Å². The van der Waals surface area contributed by atoms with Gasteiger partial charge in [0.1, 0.15) is 0 Å². The molecule has 1 rings (SSSR count). The molecule has 0 amide bonds. The van der Waals surface area contributed by atoms with Gasteiger partial charge < -0.3 is 5.32 Å². The largest absolute Gasteiger partial charge is 0.389 e. The van der Waals surface area contributed by atoms with Gasteiger partial charge in [-0.3, -0.25) is 0 Å². The van der Waals surface area contributed by atoms with E-state index in [1.807, 2.05) is 7.05 Å². The lowest BCUT2D eigenvalue weighted by atomic mass is 9.80. The Bertz CT molecular complexity index is 175. The lowest BCUT2D eigenvalue weighted by Gasteiger charge is -2.29. The van der Waals surface area contributed by atoms with Crippen LogP contribution in [0.2, 0.25) is 0 Å². The van der Waals surface area contributed by atoms with Crippen molar-refractivity contribution in [3.63, 3.8) is 0 Å². The van der Waals surface area contributed by atoms with E-state index in [1.165, 1.54) is 19.3 Å². The lowest BCUT2D eigenvalue weighted by Crippen LogP contribution is -2.30. The highest BCUT2D eigenvalue weighted by atomic mass is 19.4. The first kappa shape index (κ1) is 12.8. The molecule has 0 aromatic heterocycles. The van der Waals surface area contributed by atoms with Crippen LogP contribution in [0.15, 0.2) is 0 Å². The first-order chi connectivity index (χ1) is 7.01. The van der Waals surface area contributed by atoms with E-state index >= 15 is 0 Å². The molecule has 0 aliphatic heterocycles. The third-order valence-electron chi connectivity index (χ3n) is 3.26. The van der Waals surface area contributed by atoms with E-state index in [1.54, 1.807) is 0 Å². The molecule has 1 saturated carbocycles. The van der Waals surface area contributed by atoms with Crippen molar-refractivity contribution >= 4 is 0 Å². The second-order valence-corrected chi connectivity index (χ2v) is 4.53. The van der Waals surface area contributed by atoms with Crippen molar-refractivity contribution in [3.05, 3.63) is 0 Å². The molecule has 1 N–H and O–H groups in total. The van der Waals surface area contributed by atoms with E-state index in [0.29, 0.717) is 6.42 Å². The third-order valence-corrected chi connectivity index (χ3v) is 3.26. The number of halogens is 3. The SMILES string of the molecule is CNC(CCCC(F)(F)F)CC1CCC1. The molecule has 0 bridgehead atoms. The molecule has 90 valence electrons. The van der Waals surface area contributed by atoms with Crippen LogP contribution < -0.4 is 5.32 Å². The fourth-order valence-electron chi connectivity index (χ4n) is 2.06. The molecule has 1 atom stereocenters. The third kappa shape index (κ3) is 5.40. The summed E-state index contributed by atoms with van der Waals surface area (Å²) in [5, 5.41) is 3.12. The molecule has 1 aliphatic carbocycles.